The molecule has 136 valence electrons. The van der Waals surface area contributed by atoms with Crippen LogP contribution < -0.4 is 0 Å². The minimum Gasteiger partial charge on any atom is -0.374 e. The van der Waals surface area contributed by atoms with Crippen LogP contribution in [0.4, 0.5) is 0 Å². The Morgan fingerprint density at radius 2 is 1.96 bits per heavy atom. The van der Waals surface area contributed by atoms with Crippen LogP contribution in [0.25, 0.3) is 0 Å². The topological polar surface area (TPSA) is 9.23 Å². The molecule has 0 aliphatic heterocycles. The summed E-state index contributed by atoms with van der Waals surface area (Å²) in [5.74, 6) is 4.86. The summed E-state index contributed by atoms with van der Waals surface area (Å²) in [4.78, 5) is 0. The Hall–Kier alpha value is -0.300. The van der Waals surface area contributed by atoms with Crippen molar-refractivity contribution in [2.24, 2.45) is 35.0 Å². The van der Waals surface area contributed by atoms with Gasteiger partial charge in [0, 0.05) is 5.41 Å². The lowest BCUT2D eigenvalue weighted by Crippen LogP contribution is -2.40. The van der Waals surface area contributed by atoms with Crippen molar-refractivity contribution in [3.05, 3.63) is 11.6 Å². The minimum absolute atomic E-state index is 0.251. The van der Waals surface area contributed by atoms with Crippen molar-refractivity contribution in [2.45, 2.75) is 97.7 Å². The van der Waals surface area contributed by atoms with Gasteiger partial charge in [-0.05, 0) is 81.5 Å². The first-order chi connectivity index (χ1) is 11.5. The van der Waals surface area contributed by atoms with Gasteiger partial charge >= 0.3 is 0 Å². The van der Waals surface area contributed by atoms with E-state index in [0.717, 1.165) is 29.6 Å². The van der Waals surface area contributed by atoms with E-state index in [-0.39, 0.29) is 5.41 Å². The molecule has 4 aliphatic carbocycles. The molecule has 1 nitrogen and oxygen atoms in total. The maximum Gasteiger partial charge on any atom is 0.0639 e. The first-order valence-corrected chi connectivity index (χ1v) is 10.9. The molecule has 0 spiro atoms. The van der Waals surface area contributed by atoms with Gasteiger partial charge in [0.25, 0.3) is 0 Å². The van der Waals surface area contributed by atoms with Crippen molar-refractivity contribution in [3.63, 3.8) is 0 Å². The van der Waals surface area contributed by atoms with Crippen LogP contribution in [0.2, 0.25) is 0 Å². The predicted molar refractivity (Wildman–Crippen MR) is 101 cm³/mol. The zero-order valence-corrected chi connectivity index (χ0v) is 16.4. The molecule has 8 unspecified atom stereocenters. The summed E-state index contributed by atoms with van der Waals surface area (Å²) in [7, 11) is 0. The summed E-state index contributed by atoms with van der Waals surface area (Å²) in [6.45, 7) is 9.54. The largest absolute Gasteiger partial charge is 0.374 e. The Bertz CT molecular complexity index is 494. The average Bonchev–Trinajstić information content (AvgIpc) is 3.26. The van der Waals surface area contributed by atoms with Crippen molar-refractivity contribution in [3.8, 4) is 0 Å². The third-order valence-corrected chi connectivity index (χ3v) is 8.52. The number of hydrogen-bond acceptors (Lipinski definition) is 1. The highest BCUT2D eigenvalue weighted by atomic mass is 16.5. The van der Waals surface area contributed by atoms with E-state index in [1.807, 2.05) is 0 Å². The SMILES string of the molecule is CCC1=CC(C)(C(C)OC2CC3CC2C2CCCC32)CC(CC)C1. The van der Waals surface area contributed by atoms with Gasteiger partial charge in [0.2, 0.25) is 0 Å². The predicted octanol–water partition coefficient (Wildman–Crippen LogP) is 6.38. The lowest BCUT2D eigenvalue weighted by Gasteiger charge is -2.43. The minimum atomic E-state index is 0.251. The van der Waals surface area contributed by atoms with Crippen LogP contribution >= 0.6 is 0 Å². The van der Waals surface area contributed by atoms with Crippen molar-refractivity contribution in [2.75, 3.05) is 0 Å². The molecule has 0 aromatic rings. The second kappa shape index (κ2) is 6.45. The van der Waals surface area contributed by atoms with Crippen LogP contribution in [0.15, 0.2) is 11.6 Å². The van der Waals surface area contributed by atoms with Crippen LogP contribution in [0, 0.1) is 35.0 Å². The third kappa shape index (κ3) is 2.79. The molecule has 0 N–H and O–H groups in total. The molecule has 24 heavy (non-hydrogen) atoms. The Labute approximate surface area is 149 Å². The summed E-state index contributed by atoms with van der Waals surface area (Å²) in [5.41, 5.74) is 1.93. The molecule has 3 fully saturated rings. The first-order valence-electron chi connectivity index (χ1n) is 10.9. The van der Waals surface area contributed by atoms with Gasteiger partial charge < -0.3 is 4.74 Å². The standard InChI is InChI=1S/C23H38O/c1-5-16-10-17(6-2)14-23(4,13-16)15(3)24-22-12-18-11-21(22)20-9-7-8-19(18)20/h13,15,17-22H,5-12,14H2,1-4H3. The highest BCUT2D eigenvalue weighted by molar-refractivity contribution is 5.16. The third-order valence-electron chi connectivity index (χ3n) is 8.52. The van der Waals surface area contributed by atoms with Gasteiger partial charge in [0.05, 0.1) is 12.2 Å². The quantitative estimate of drug-likeness (QED) is 0.531. The van der Waals surface area contributed by atoms with Crippen molar-refractivity contribution in [1.82, 2.24) is 0 Å². The van der Waals surface area contributed by atoms with Crippen LogP contribution in [0.1, 0.15) is 85.5 Å². The van der Waals surface area contributed by atoms with E-state index in [1.165, 1.54) is 57.8 Å². The van der Waals surface area contributed by atoms with Crippen LogP contribution in [-0.4, -0.2) is 12.2 Å². The van der Waals surface area contributed by atoms with Gasteiger partial charge in [-0.3, -0.25) is 0 Å². The number of hydrogen-bond donors (Lipinski definition) is 0. The fourth-order valence-electron chi connectivity index (χ4n) is 7.05. The second-order valence-electron chi connectivity index (χ2n) is 9.82. The maximum atomic E-state index is 6.84. The zero-order valence-electron chi connectivity index (χ0n) is 16.4. The molecular formula is C23H38O. The van der Waals surface area contributed by atoms with E-state index in [4.69, 9.17) is 4.74 Å². The van der Waals surface area contributed by atoms with E-state index in [1.54, 1.807) is 5.57 Å². The number of ether oxygens (including phenoxy) is 1. The van der Waals surface area contributed by atoms with Crippen LogP contribution in [0.5, 0.6) is 0 Å². The molecule has 1 heteroatoms. The van der Waals surface area contributed by atoms with E-state index in [0.29, 0.717) is 12.2 Å². The van der Waals surface area contributed by atoms with Crippen LogP contribution in [-0.2, 0) is 4.74 Å². The van der Waals surface area contributed by atoms with E-state index in [9.17, 15) is 0 Å². The summed E-state index contributed by atoms with van der Waals surface area (Å²) >= 11 is 0. The molecule has 0 aromatic carbocycles. The van der Waals surface area contributed by atoms with Gasteiger partial charge in [0.15, 0.2) is 0 Å². The smallest absolute Gasteiger partial charge is 0.0639 e. The Kier molecular flexibility index (Phi) is 4.61. The lowest BCUT2D eigenvalue weighted by atomic mass is 9.68. The van der Waals surface area contributed by atoms with Gasteiger partial charge in [-0.25, -0.2) is 0 Å². The molecule has 8 atom stereocenters. The summed E-state index contributed by atoms with van der Waals surface area (Å²) in [6.07, 6.45) is 16.1. The molecule has 0 aromatic heterocycles. The summed E-state index contributed by atoms with van der Waals surface area (Å²) in [6, 6.07) is 0. The Morgan fingerprint density at radius 3 is 2.71 bits per heavy atom. The zero-order chi connectivity index (χ0) is 16.9. The molecule has 0 radical (unpaired) electrons. The van der Waals surface area contributed by atoms with Crippen molar-refractivity contribution >= 4 is 0 Å². The van der Waals surface area contributed by atoms with E-state index in [2.05, 4.69) is 33.8 Å². The molecule has 0 amide bonds. The normalized spacial score (nSPS) is 48.4. The van der Waals surface area contributed by atoms with Gasteiger partial charge in [-0.15, -0.1) is 0 Å². The fourth-order valence-corrected chi connectivity index (χ4v) is 7.05. The highest BCUT2D eigenvalue weighted by Gasteiger charge is 2.55. The molecule has 0 saturated heterocycles. The summed E-state index contributed by atoms with van der Waals surface area (Å²) in [5, 5.41) is 0. The van der Waals surface area contributed by atoms with Crippen LogP contribution in [0.3, 0.4) is 0 Å². The number of fused-ring (bicyclic) bond motifs is 5. The second-order valence-corrected chi connectivity index (χ2v) is 9.82. The van der Waals surface area contributed by atoms with Crippen molar-refractivity contribution in [1.29, 1.82) is 0 Å². The average molecular weight is 331 g/mol. The Morgan fingerprint density at radius 1 is 1.17 bits per heavy atom. The molecule has 3 saturated carbocycles. The summed E-state index contributed by atoms with van der Waals surface area (Å²) < 4.78 is 6.84. The monoisotopic (exact) mass is 330 g/mol. The Balaban J connectivity index is 1.45. The molecular weight excluding hydrogens is 292 g/mol. The van der Waals surface area contributed by atoms with Gasteiger partial charge in [-0.1, -0.05) is 45.3 Å². The first kappa shape index (κ1) is 17.1. The fraction of sp³-hybridized carbons (Fsp3) is 0.913. The van der Waals surface area contributed by atoms with Crippen molar-refractivity contribution < 1.29 is 4.74 Å². The highest BCUT2D eigenvalue weighted by Crippen LogP contribution is 2.60. The molecule has 4 aliphatic rings. The lowest BCUT2D eigenvalue weighted by molar-refractivity contribution is -0.0930. The number of rotatable bonds is 5. The van der Waals surface area contributed by atoms with Gasteiger partial charge in [0.1, 0.15) is 0 Å². The van der Waals surface area contributed by atoms with Gasteiger partial charge in [-0.2, -0.15) is 0 Å². The molecule has 2 bridgehead atoms. The maximum absolute atomic E-state index is 6.84. The molecule has 0 heterocycles. The molecule has 4 rings (SSSR count). The number of allylic oxidation sites excluding steroid dienone is 1. The van der Waals surface area contributed by atoms with E-state index >= 15 is 0 Å². The van der Waals surface area contributed by atoms with E-state index < -0.39 is 0 Å².